The monoisotopic (exact) mass is 215 g/mol. The van der Waals surface area contributed by atoms with Crippen LogP contribution in [-0.2, 0) is 9.53 Å². The molecular weight excluding hydrogens is 194 g/mol. The molecule has 0 aliphatic carbocycles. The van der Waals surface area contributed by atoms with E-state index in [2.05, 4.69) is 17.1 Å². The summed E-state index contributed by atoms with van der Waals surface area (Å²) >= 11 is 0. The number of hydrogen-bond donors (Lipinski definition) is 2. The second kappa shape index (κ2) is 4.92. The molecule has 2 atom stereocenters. The van der Waals surface area contributed by atoms with Gasteiger partial charge in [-0.15, -0.1) is 0 Å². The highest BCUT2D eigenvalue weighted by molar-refractivity contribution is 5.85. The lowest BCUT2D eigenvalue weighted by molar-refractivity contribution is -0.124. The summed E-state index contributed by atoms with van der Waals surface area (Å²) in [5.41, 5.74) is 4.89. The molecule has 1 saturated heterocycles. The second-order valence-corrected chi connectivity index (χ2v) is 4.33. The third-order valence-corrected chi connectivity index (χ3v) is 3.16. The first-order chi connectivity index (χ1) is 7.02. The van der Waals surface area contributed by atoms with E-state index in [1.54, 1.807) is 7.11 Å². The largest absolute Gasteiger partial charge is 0.383 e. The van der Waals surface area contributed by atoms with E-state index in [1.807, 2.05) is 7.05 Å². The number of nitrogens with zero attached hydrogens (tertiary/aromatic N) is 1. The number of primary amides is 1. The number of nitrogens with one attached hydrogen (secondary N) is 1. The summed E-state index contributed by atoms with van der Waals surface area (Å²) in [7, 11) is 3.65. The van der Waals surface area contributed by atoms with Crippen molar-refractivity contribution in [2.75, 3.05) is 33.9 Å². The number of carbonyl (C=O) groups is 1. The van der Waals surface area contributed by atoms with Crippen LogP contribution < -0.4 is 11.1 Å². The molecule has 1 heterocycles. The molecule has 5 heteroatoms. The maximum Gasteiger partial charge on any atom is 0.239 e. The number of amides is 1. The number of likely N-dealkylation sites (tertiary alicyclic amines) is 1. The van der Waals surface area contributed by atoms with E-state index in [0.717, 1.165) is 6.42 Å². The molecular formula is C10H21N3O2. The molecule has 88 valence electrons. The highest BCUT2D eigenvalue weighted by Gasteiger charge is 2.44. The molecule has 0 aromatic rings. The molecule has 0 aromatic heterocycles. The van der Waals surface area contributed by atoms with Gasteiger partial charge in [0.05, 0.1) is 6.61 Å². The third-order valence-electron chi connectivity index (χ3n) is 3.16. The Bertz CT molecular complexity index is 223. The van der Waals surface area contributed by atoms with E-state index < -0.39 is 5.54 Å². The normalized spacial score (nSPS) is 32.1. The Morgan fingerprint density at radius 3 is 2.80 bits per heavy atom. The molecule has 15 heavy (non-hydrogen) atoms. The summed E-state index contributed by atoms with van der Waals surface area (Å²) < 4.78 is 4.95. The standard InChI is InChI=1S/C10H21N3O2/c1-8-6-10(9(11)14,7-13(8)2)12-4-5-15-3/h8,12H,4-7H2,1-3H3,(H2,11,14). The molecule has 0 spiro atoms. The van der Waals surface area contributed by atoms with Crippen molar-refractivity contribution < 1.29 is 9.53 Å². The summed E-state index contributed by atoms with van der Waals surface area (Å²) in [5, 5.41) is 3.22. The number of nitrogens with two attached hydrogens (primary N) is 1. The van der Waals surface area contributed by atoms with Gasteiger partial charge in [-0.3, -0.25) is 10.1 Å². The van der Waals surface area contributed by atoms with Crippen molar-refractivity contribution in [2.24, 2.45) is 5.73 Å². The molecule has 0 bridgehead atoms. The summed E-state index contributed by atoms with van der Waals surface area (Å²) in [5.74, 6) is -0.269. The van der Waals surface area contributed by atoms with E-state index in [0.29, 0.717) is 25.7 Å². The minimum atomic E-state index is -0.577. The van der Waals surface area contributed by atoms with Crippen LogP contribution in [0.25, 0.3) is 0 Å². The van der Waals surface area contributed by atoms with Crippen LogP contribution in [0.2, 0.25) is 0 Å². The quantitative estimate of drug-likeness (QED) is 0.587. The fourth-order valence-corrected chi connectivity index (χ4v) is 2.09. The molecule has 1 aliphatic heterocycles. The smallest absolute Gasteiger partial charge is 0.239 e. The van der Waals surface area contributed by atoms with E-state index >= 15 is 0 Å². The van der Waals surface area contributed by atoms with Crippen molar-refractivity contribution in [2.45, 2.75) is 24.9 Å². The molecule has 0 saturated carbocycles. The lowest BCUT2D eigenvalue weighted by Gasteiger charge is -2.26. The van der Waals surface area contributed by atoms with Crippen molar-refractivity contribution in [3.8, 4) is 0 Å². The summed E-state index contributed by atoms with van der Waals surface area (Å²) in [6.07, 6.45) is 0.766. The molecule has 5 nitrogen and oxygen atoms in total. The average Bonchev–Trinajstić information content (AvgIpc) is 2.44. The molecule has 0 radical (unpaired) electrons. The number of ether oxygens (including phenoxy) is 1. The Labute approximate surface area is 90.9 Å². The molecule has 1 amide bonds. The van der Waals surface area contributed by atoms with Gasteiger partial charge in [0.25, 0.3) is 0 Å². The van der Waals surface area contributed by atoms with Crippen LogP contribution in [-0.4, -0.2) is 56.2 Å². The van der Waals surface area contributed by atoms with Gasteiger partial charge in [0, 0.05) is 26.2 Å². The van der Waals surface area contributed by atoms with Crippen LogP contribution in [0.15, 0.2) is 0 Å². The minimum Gasteiger partial charge on any atom is -0.383 e. The Morgan fingerprint density at radius 1 is 1.73 bits per heavy atom. The van der Waals surface area contributed by atoms with Crippen LogP contribution in [0, 0.1) is 0 Å². The predicted molar refractivity (Wildman–Crippen MR) is 58.5 cm³/mol. The Hall–Kier alpha value is -0.650. The first-order valence-corrected chi connectivity index (χ1v) is 5.26. The Balaban J connectivity index is 2.61. The summed E-state index contributed by atoms with van der Waals surface area (Å²) in [6, 6.07) is 0.382. The zero-order valence-electron chi connectivity index (χ0n) is 9.75. The van der Waals surface area contributed by atoms with Crippen molar-refractivity contribution in [3.63, 3.8) is 0 Å². The first kappa shape index (κ1) is 12.4. The third kappa shape index (κ3) is 2.68. The SMILES string of the molecule is COCCNC1(C(N)=O)CC(C)N(C)C1. The van der Waals surface area contributed by atoms with Crippen LogP contribution >= 0.6 is 0 Å². The lowest BCUT2D eigenvalue weighted by Crippen LogP contribution is -2.57. The average molecular weight is 215 g/mol. The van der Waals surface area contributed by atoms with E-state index in [-0.39, 0.29) is 5.91 Å². The van der Waals surface area contributed by atoms with Crippen LogP contribution in [0.1, 0.15) is 13.3 Å². The van der Waals surface area contributed by atoms with Crippen molar-refractivity contribution >= 4 is 5.91 Å². The maximum atomic E-state index is 11.5. The molecule has 0 aromatic carbocycles. The summed E-state index contributed by atoms with van der Waals surface area (Å²) in [6.45, 7) is 4.02. The molecule has 2 unspecified atom stereocenters. The van der Waals surface area contributed by atoms with Gasteiger partial charge >= 0.3 is 0 Å². The van der Waals surface area contributed by atoms with Gasteiger partial charge in [-0.1, -0.05) is 0 Å². The molecule has 1 fully saturated rings. The topological polar surface area (TPSA) is 67.6 Å². The predicted octanol–water partition coefficient (Wildman–Crippen LogP) is -0.829. The molecule has 1 aliphatic rings. The zero-order chi connectivity index (χ0) is 11.5. The van der Waals surface area contributed by atoms with Gasteiger partial charge in [0.15, 0.2) is 0 Å². The van der Waals surface area contributed by atoms with Gasteiger partial charge in [0.2, 0.25) is 5.91 Å². The number of rotatable bonds is 5. The lowest BCUT2D eigenvalue weighted by atomic mass is 9.95. The van der Waals surface area contributed by atoms with Gasteiger partial charge in [0.1, 0.15) is 5.54 Å². The molecule has 1 rings (SSSR count). The number of carbonyl (C=O) groups excluding carboxylic acids is 1. The van der Waals surface area contributed by atoms with Crippen LogP contribution in [0.5, 0.6) is 0 Å². The van der Waals surface area contributed by atoms with Gasteiger partial charge in [-0.25, -0.2) is 0 Å². The van der Waals surface area contributed by atoms with Crippen molar-refractivity contribution in [3.05, 3.63) is 0 Å². The van der Waals surface area contributed by atoms with Gasteiger partial charge in [-0.05, 0) is 20.4 Å². The number of likely N-dealkylation sites (N-methyl/N-ethyl adjacent to an activating group) is 1. The summed E-state index contributed by atoms with van der Waals surface area (Å²) in [4.78, 5) is 13.6. The Morgan fingerprint density at radius 2 is 2.40 bits per heavy atom. The van der Waals surface area contributed by atoms with E-state index in [4.69, 9.17) is 10.5 Å². The highest BCUT2D eigenvalue weighted by Crippen LogP contribution is 2.25. The minimum absolute atomic E-state index is 0.269. The zero-order valence-corrected chi connectivity index (χ0v) is 9.75. The highest BCUT2D eigenvalue weighted by atomic mass is 16.5. The number of hydrogen-bond acceptors (Lipinski definition) is 4. The van der Waals surface area contributed by atoms with Crippen LogP contribution in [0.3, 0.4) is 0 Å². The number of methoxy groups -OCH3 is 1. The molecule has 3 N–H and O–H groups in total. The van der Waals surface area contributed by atoms with Gasteiger partial charge in [-0.2, -0.15) is 0 Å². The second-order valence-electron chi connectivity index (χ2n) is 4.33. The van der Waals surface area contributed by atoms with Gasteiger partial charge < -0.3 is 15.4 Å². The maximum absolute atomic E-state index is 11.5. The fourth-order valence-electron chi connectivity index (χ4n) is 2.09. The Kier molecular flexibility index (Phi) is 4.07. The van der Waals surface area contributed by atoms with E-state index in [9.17, 15) is 4.79 Å². The van der Waals surface area contributed by atoms with E-state index in [1.165, 1.54) is 0 Å². The van der Waals surface area contributed by atoms with Crippen molar-refractivity contribution in [1.29, 1.82) is 0 Å². The fraction of sp³-hybridized carbons (Fsp3) is 0.900. The van der Waals surface area contributed by atoms with Crippen molar-refractivity contribution in [1.82, 2.24) is 10.2 Å². The first-order valence-electron chi connectivity index (χ1n) is 5.26. The van der Waals surface area contributed by atoms with Crippen LogP contribution in [0.4, 0.5) is 0 Å².